The molecule has 0 fully saturated rings. The number of ether oxygens (including phenoxy) is 1. The third-order valence-electron chi connectivity index (χ3n) is 5.23. The Bertz CT molecular complexity index is 911. The molecule has 1 aliphatic rings. The Labute approximate surface area is 177 Å². The van der Waals surface area contributed by atoms with Gasteiger partial charge >= 0.3 is 5.97 Å². The van der Waals surface area contributed by atoms with E-state index in [0.29, 0.717) is 17.3 Å². The fourth-order valence-corrected chi connectivity index (χ4v) is 3.52. The van der Waals surface area contributed by atoms with E-state index in [0.717, 1.165) is 49.8 Å². The van der Waals surface area contributed by atoms with Crippen LogP contribution in [0.4, 0.5) is 0 Å². The molecule has 0 aliphatic carbocycles. The summed E-state index contributed by atoms with van der Waals surface area (Å²) >= 11 is 0. The van der Waals surface area contributed by atoms with E-state index in [9.17, 15) is 4.79 Å². The number of furan rings is 2. The van der Waals surface area contributed by atoms with Gasteiger partial charge in [-0.15, -0.1) is 0 Å². The summed E-state index contributed by atoms with van der Waals surface area (Å²) in [4.78, 5) is 11.5. The van der Waals surface area contributed by atoms with E-state index >= 15 is 0 Å². The molecule has 1 unspecified atom stereocenters. The van der Waals surface area contributed by atoms with Crippen molar-refractivity contribution in [2.24, 2.45) is 5.92 Å². The summed E-state index contributed by atoms with van der Waals surface area (Å²) in [7, 11) is 0. The molecule has 3 rings (SSSR count). The largest absolute Gasteiger partial charge is 0.472 e. The van der Waals surface area contributed by atoms with E-state index in [1.165, 1.54) is 11.1 Å². The molecule has 0 aromatic carbocycles. The molecule has 5 nitrogen and oxygen atoms in total. The van der Waals surface area contributed by atoms with Crippen LogP contribution in [0, 0.1) is 5.92 Å². The highest BCUT2D eigenvalue weighted by Crippen LogP contribution is 2.21. The smallest absolute Gasteiger partial charge is 0.341 e. The molecule has 1 aliphatic heterocycles. The lowest BCUT2D eigenvalue weighted by molar-refractivity contribution is -0.133. The van der Waals surface area contributed by atoms with Crippen LogP contribution in [0.2, 0.25) is 0 Å². The number of hydrogen-bond donors (Lipinski definition) is 1. The van der Waals surface area contributed by atoms with Crippen molar-refractivity contribution in [3.05, 3.63) is 82.9 Å². The molecule has 1 N–H and O–H groups in total. The summed E-state index contributed by atoms with van der Waals surface area (Å²) < 4.78 is 15.9. The normalized spacial score (nSPS) is 16.8. The van der Waals surface area contributed by atoms with Crippen LogP contribution in [0.1, 0.15) is 56.4 Å². The van der Waals surface area contributed by atoms with Crippen LogP contribution in [0.25, 0.3) is 0 Å². The van der Waals surface area contributed by atoms with E-state index in [1.54, 1.807) is 18.6 Å². The second kappa shape index (κ2) is 10.8. The summed E-state index contributed by atoms with van der Waals surface area (Å²) in [5.41, 5.74) is 4.05. The van der Waals surface area contributed by atoms with Crippen molar-refractivity contribution >= 4 is 5.97 Å². The van der Waals surface area contributed by atoms with Crippen LogP contribution >= 0.6 is 0 Å². The van der Waals surface area contributed by atoms with Gasteiger partial charge in [0.15, 0.2) is 0 Å². The standard InChI is InChI=1S/C25H30O5/c1-18(5-3-7-19(2)11-24-14-22(15-26)25(27)30-24)6-4-8-20-12-23(29-17-20)13-21-9-10-28-16-21/h6,9-12,14,16-17,19,26H,3-5,7-8,13,15H2,1-2H3. The summed E-state index contributed by atoms with van der Waals surface area (Å²) in [6.45, 7) is 4.02. The maximum atomic E-state index is 11.5. The monoisotopic (exact) mass is 410 g/mol. The average Bonchev–Trinajstić information content (AvgIpc) is 3.44. The van der Waals surface area contributed by atoms with E-state index < -0.39 is 5.97 Å². The van der Waals surface area contributed by atoms with Crippen LogP contribution in [0.15, 0.2) is 74.9 Å². The number of allylic oxidation sites excluding steroid dienone is 4. The molecule has 0 spiro atoms. The second-order valence-electron chi connectivity index (χ2n) is 7.97. The number of carbonyl (C=O) groups is 1. The number of rotatable bonds is 11. The Kier molecular flexibility index (Phi) is 7.91. The lowest BCUT2D eigenvalue weighted by atomic mass is 10.00. The van der Waals surface area contributed by atoms with Gasteiger partial charge in [-0.05, 0) is 80.4 Å². The summed E-state index contributed by atoms with van der Waals surface area (Å²) in [6.07, 6.45) is 17.1. The molecular weight excluding hydrogens is 380 g/mol. The van der Waals surface area contributed by atoms with Crippen molar-refractivity contribution in [3.8, 4) is 0 Å². The van der Waals surface area contributed by atoms with Crippen molar-refractivity contribution in [2.75, 3.05) is 6.61 Å². The second-order valence-corrected chi connectivity index (χ2v) is 7.97. The molecule has 30 heavy (non-hydrogen) atoms. The number of aliphatic hydroxyl groups excluding tert-OH is 1. The van der Waals surface area contributed by atoms with Crippen molar-refractivity contribution in [3.63, 3.8) is 0 Å². The van der Waals surface area contributed by atoms with E-state index in [1.807, 2.05) is 18.4 Å². The molecule has 0 saturated carbocycles. The first kappa shape index (κ1) is 21.9. The number of carbonyl (C=O) groups excluding carboxylic acids is 1. The van der Waals surface area contributed by atoms with Crippen LogP contribution < -0.4 is 0 Å². The average molecular weight is 411 g/mol. The molecule has 1 atom stereocenters. The lowest BCUT2D eigenvalue weighted by Crippen LogP contribution is -2.02. The Morgan fingerprint density at radius 3 is 2.87 bits per heavy atom. The zero-order valence-corrected chi connectivity index (χ0v) is 17.7. The van der Waals surface area contributed by atoms with Gasteiger partial charge in [0, 0.05) is 6.42 Å². The predicted molar refractivity (Wildman–Crippen MR) is 115 cm³/mol. The molecule has 3 heterocycles. The summed E-state index contributed by atoms with van der Waals surface area (Å²) in [6, 6.07) is 4.08. The molecule has 2 aromatic heterocycles. The number of cyclic esters (lactones) is 1. The van der Waals surface area contributed by atoms with Gasteiger partial charge in [-0.3, -0.25) is 0 Å². The van der Waals surface area contributed by atoms with Crippen molar-refractivity contribution in [2.45, 2.75) is 52.4 Å². The first-order valence-corrected chi connectivity index (χ1v) is 10.5. The fraction of sp³-hybridized carbons (Fsp3) is 0.400. The van der Waals surface area contributed by atoms with Crippen LogP contribution in [0.3, 0.4) is 0 Å². The zero-order valence-electron chi connectivity index (χ0n) is 17.7. The topological polar surface area (TPSA) is 72.8 Å². The fourth-order valence-electron chi connectivity index (χ4n) is 3.52. The third kappa shape index (κ3) is 6.63. The maximum absolute atomic E-state index is 11.5. The van der Waals surface area contributed by atoms with E-state index in [-0.39, 0.29) is 6.61 Å². The van der Waals surface area contributed by atoms with Crippen LogP contribution in [-0.4, -0.2) is 17.7 Å². The molecule has 0 saturated heterocycles. The zero-order chi connectivity index (χ0) is 21.3. The highest BCUT2D eigenvalue weighted by atomic mass is 16.5. The van der Waals surface area contributed by atoms with Gasteiger partial charge in [0.05, 0.1) is 31.0 Å². The molecule has 160 valence electrons. The molecule has 0 bridgehead atoms. The Morgan fingerprint density at radius 2 is 2.13 bits per heavy atom. The summed E-state index contributed by atoms with van der Waals surface area (Å²) in [5.74, 6) is 1.38. The van der Waals surface area contributed by atoms with Gasteiger partial charge in [-0.25, -0.2) is 4.79 Å². The maximum Gasteiger partial charge on any atom is 0.341 e. The van der Waals surface area contributed by atoms with Crippen molar-refractivity contribution < 1.29 is 23.5 Å². The van der Waals surface area contributed by atoms with Crippen molar-refractivity contribution in [1.82, 2.24) is 0 Å². The SMILES string of the molecule is CC(=CCCc1coc(Cc2ccoc2)c1)CCCC(C)C=C1C=C(CO)C(=O)O1. The van der Waals surface area contributed by atoms with Gasteiger partial charge in [-0.1, -0.05) is 18.6 Å². The van der Waals surface area contributed by atoms with Gasteiger partial charge in [0.1, 0.15) is 11.5 Å². The first-order chi connectivity index (χ1) is 14.5. The van der Waals surface area contributed by atoms with E-state index in [4.69, 9.17) is 18.7 Å². The molecule has 0 radical (unpaired) electrons. The Morgan fingerprint density at radius 1 is 1.27 bits per heavy atom. The number of hydrogen-bond acceptors (Lipinski definition) is 5. The number of esters is 1. The molecule has 0 amide bonds. The quantitative estimate of drug-likeness (QED) is 0.391. The van der Waals surface area contributed by atoms with Gasteiger partial charge in [0.25, 0.3) is 0 Å². The highest BCUT2D eigenvalue weighted by molar-refractivity contribution is 5.92. The van der Waals surface area contributed by atoms with Crippen LogP contribution in [0.5, 0.6) is 0 Å². The van der Waals surface area contributed by atoms with Gasteiger partial charge in [0.2, 0.25) is 0 Å². The number of aryl methyl sites for hydroxylation is 1. The van der Waals surface area contributed by atoms with E-state index in [2.05, 4.69) is 26.0 Å². The van der Waals surface area contributed by atoms with Gasteiger partial charge < -0.3 is 18.7 Å². The minimum Gasteiger partial charge on any atom is -0.472 e. The molecular formula is C25H30O5. The predicted octanol–water partition coefficient (Wildman–Crippen LogP) is 5.51. The van der Waals surface area contributed by atoms with Gasteiger partial charge in [-0.2, -0.15) is 0 Å². The molecule has 5 heteroatoms. The van der Waals surface area contributed by atoms with Crippen molar-refractivity contribution in [1.29, 1.82) is 0 Å². The number of aliphatic hydroxyl groups is 1. The Hall–Kier alpha value is -2.79. The Balaban J connectivity index is 1.35. The lowest BCUT2D eigenvalue weighted by Gasteiger charge is -2.07. The summed E-state index contributed by atoms with van der Waals surface area (Å²) in [5, 5.41) is 9.08. The first-order valence-electron chi connectivity index (χ1n) is 10.5. The third-order valence-corrected chi connectivity index (χ3v) is 5.23. The minimum absolute atomic E-state index is 0.279. The minimum atomic E-state index is -0.444. The van der Waals surface area contributed by atoms with Crippen LogP contribution in [-0.2, 0) is 22.4 Å². The molecule has 2 aromatic rings. The highest BCUT2D eigenvalue weighted by Gasteiger charge is 2.20.